The average Bonchev–Trinajstić information content (AvgIpc) is 3.22. The van der Waals surface area contributed by atoms with Crippen molar-refractivity contribution in [2.24, 2.45) is 5.92 Å². The maximum atomic E-state index is 15.1. The van der Waals surface area contributed by atoms with Crippen LogP contribution >= 0.6 is 0 Å². The van der Waals surface area contributed by atoms with Crippen LogP contribution in [-0.2, 0) is 9.53 Å². The zero-order valence-electron chi connectivity index (χ0n) is 21.1. The number of fused-ring (bicyclic) bond motifs is 1. The summed E-state index contributed by atoms with van der Waals surface area (Å²) >= 11 is 0. The van der Waals surface area contributed by atoms with E-state index in [0.717, 1.165) is 49.2 Å². The predicted octanol–water partition coefficient (Wildman–Crippen LogP) is 1.04. The molecule has 2 amide bonds. The van der Waals surface area contributed by atoms with E-state index < -0.39 is 17.5 Å². The summed E-state index contributed by atoms with van der Waals surface area (Å²) < 4.78 is 35.4. The number of anilines is 3. The summed E-state index contributed by atoms with van der Waals surface area (Å²) in [6, 6.07) is 0.0378. The van der Waals surface area contributed by atoms with Crippen molar-refractivity contribution < 1.29 is 23.1 Å². The highest BCUT2D eigenvalue weighted by Crippen LogP contribution is 2.34. The molecule has 14 heteroatoms. The van der Waals surface area contributed by atoms with Gasteiger partial charge in [0.05, 0.1) is 42.6 Å². The van der Waals surface area contributed by atoms with Gasteiger partial charge in [0, 0.05) is 45.2 Å². The standard InChI is InChI=1S/C25H29F2N9O3/c26-15-9-31-23-20(22(28)33-36(23)13-15)24(37)32-17-11-30-10-16(27)21(17)34-5-1-14(2-6-34)25(38)35-7-4-29-12-18(35)19-3-8-39-19/h9-11,13-14,18-19,29H,1-8,12H2,(H2,28,33)(H,32,37). The number of nitrogen functional groups attached to an aromatic ring is 1. The van der Waals surface area contributed by atoms with Crippen molar-refractivity contribution in [1.29, 1.82) is 0 Å². The van der Waals surface area contributed by atoms with Crippen molar-refractivity contribution in [2.75, 3.05) is 55.3 Å². The van der Waals surface area contributed by atoms with E-state index >= 15 is 4.39 Å². The molecule has 6 rings (SSSR count). The number of piperazine rings is 1. The number of nitrogens with two attached hydrogens (primary N) is 1. The zero-order chi connectivity index (χ0) is 27.1. The maximum absolute atomic E-state index is 15.1. The Bertz CT molecular complexity index is 1400. The fourth-order valence-electron chi connectivity index (χ4n) is 5.65. The molecule has 0 saturated carbocycles. The highest BCUT2D eigenvalue weighted by atomic mass is 19.1. The van der Waals surface area contributed by atoms with Crippen molar-refractivity contribution in [3.8, 4) is 0 Å². The summed E-state index contributed by atoms with van der Waals surface area (Å²) in [5, 5.41) is 9.96. The SMILES string of the molecule is Nc1nn2cc(F)cnc2c1C(=O)Nc1cncc(F)c1N1CCC(C(=O)N2CCNCC2C2CCO2)CC1. The van der Waals surface area contributed by atoms with Gasteiger partial charge in [-0.25, -0.2) is 18.3 Å². The molecule has 0 bridgehead atoms. The van der Waals surface area contributed by atoms with Gasteiger partial charge in [0.25, 0.3) is 5.91 Å². The molecule has 39 heavy (non-hydrogen) atoms. The fourth-order valence-corrected chi connectivity index (χ4v) is 5.65. The van der Waals surface area contributed by atoms with Gasteiger partial charge in [-0.1, -0.05) is 0 Å². The van der Waals surface area contributed by atoms with Crippen LogP contribution < -0.4 is 21.3 Å². The Balaban J connectivity index is 1.17. The molecule has 3 aliphatic rings. The van der Waals surface area contributed by atoms with E-state index in [0.29, 0.717) is 32.5 Å². The first-order valence-corrected chi connectivity index (χ1v) is 13.0. The molecule has 3 saturated heterocycles. The molecule has 3 aromatic heterocycles. The Kier molecular flexibility index (Phi) is 6.73. The monoisotopic (exact) mass is 541 g/mol. The number of aromatic nitrogens is 4. The molecule has 4 N–H and O–H groups in total. The largest absolute Gasteiger partial charge is 0.381 e. The Hall–Kier alpha value is -3.91. The van der Waals surface area contributed by atoms with Crippen molar-refractivity contribution in [2.45, 2.75) is 31.4 Å². The van der Waals surface area contributed by atoms with E-state index in [2.05, 4.69) is 25.7 Å². The quantitative estimate of drug-likeness (QED) is 0.432. The van der Waals surface area contributed by atoms with Crippen LogP contribution in [0.25, 0.3) is 5.65 Å². The Morgan fingerprint density at radius 2 is 1.92 bits per heavy atom. The number of hydrogen-bond donors (Lipinski definition) is 3. The lowest BCUT2D eigenvalue weighted by atomic mass is 9.92. The minimum absolute atomic E-state index is 0.0378. The second-order valence-corrected chi connectivity index (χ2v) is 10.0. The Morgan fingerprint density at radius 1 is 1.13 bits per heavy atom. The molecule has 206 valence electrons. The lowest BCUT2D eigenvalue weighted by Crippen LogP contribution is -2.62. The van der Waals surface area contributed by atoms with Crippen LogP contribution in [0.3, 0.4) is 0 Å². The molecular weight excluding hydrogens is 512 g/mol. The van der Waals surface area contributed by atoms with Crippen molar-refractivity contribution >= 4 is 34.7 Å². The van der Waals surface area contributed by atoms with Crippen LogP contribution in [0.2, 0.25) is 0 Å². The minimum atomic E-state index is -0.678. The number of amides is 2. The first-order chi connectivity index (χ1) is 18.9. The van der Waals surface area contributed by atoms with Crippen LogP contribution in [-0.4, -0.2) is 87.8 Å². The number of rotatable bonds is 5. The van der Waals surface area contributed by atoms with Crippen molar-refractivity contribution in [3.05, 3.63) is 42.0 Å². The molecule has 0 aliphatic carbocycles. The summed E-state index contributed by atoms with van der Waals surface area (Å²) in [7, 11) is 0. The topological polar surface area (TPSA) is 143 Å². The number of pyridine rings is 1. The first kappa shape index (κ1) is 25.4. The van der Waals surface area contributed by atoms with Crippen LogP contribution in [0, 0.1) is 17.6 Å². The molecule has 0 radical (unpaired) electrons. The molecule has 2 atom stereocenters. The van der Waals surface area contributed by atoms with Gasteiger partial charge in [-0.3, -0.25) is 14.6 Å². The van der Waals surface area contributed by atoms with Gasteiger partial charge in [-0.2, -0.15) is 0 Å². The number of ether oxygens (including phenoxy) is 1. The van der Waals surface area contributed by atoms with Gasteiger partial charge in [0.1, 0.15) is 11.3 Å². The molecule has 2 unspecified atom stereocenters. The molecule has 0 aromatic carbocycles. The van der Waals surface area contributed by atoms with Crippen LogP contribution in [0.4, 0.5) is 26.0 Å². The molecule has 3 aromatic rings. The lowest BCUT2D eigenvalue weighted by molar-refractivity contribution is -0.151. The van der Waals surface area contributed by atoms with Gasteiger partial charge in [0.2, 0.25) is 5.91 Å². The summed E-state index contributed by atoms with van der Waals surface area (Å²) in [4.78, 5) is 38.2. The predicted molar refractivity (Wildman–Crippen MR) is 137 cm³/mol. The molecule has 12 nitrogen and oxygen atoms in total. The van der Waals surface area contributed by atoms with E-state index in [9.17, 15) is 14.0 Å². The summed E-state index contributed by atoms with van der Waals surface area (Å²) in [5.41, 5.74) is 6.25. The number of carbonyl (C=O) groups excluding carboxylic acids is 2. The zero-order valence-corrected chi connectivity index (χ0v) is 21.1. The van der Waals surface area contributed by atoms with E-state index in [1.165, 1.54) is 6.20 Å². The molecule has 0 spiro atoms. The van der Waals surface area contributed by atoms with Gasteiger partial charge < -0.3 is 30.9 Å². The van der Waals surface area contributed by atoms with Crippen LogP contribution in [0.15, 0.2) is 24.8 Å². The van der Waals surface area contributed by atoms with Gasteiger partial charge in [-0.05, 0) is 19.3 Å². The molecule has 3 fully saturated rings. The third kappa shape index (κ3) is 4.74. The summed E-state index contributed by atoms with van der Waals surface area (Å²) in [5.74, 6) is -2.12. The number of piperidine rings is 1. The Labute approximate surface area is 222 Å². The van der Waals surface area contributed by atoms with Gasteiger partial charge in [0.15, 0.2) is 23.1 Å². The highest BCUT2D eigenvalue weighted by Gasteiger charge is 2.40. The third-order valence-corrected chi connectivity index (χ3v) is 7.71. The molecule has 3 aliphatic heterocycles. The smallest absolute Gasteiger partial charge is 0.263 e. The van der Waals surface area contributed by atoms with Crippen molar-refractivity contribution in [1.82, 2.24) is 29.8 Å². The third-order valence-electron chi connectivity index (χ3n) is 7.71. The average molecular weight is 542 g/mol. The fraction of sp³-hybridized carbons (Fsp3) is 0.480. The Morgan fingerprint density at radius 3 is 2.67 bits per heavy atom. The molecule has 6 heterocycles. The van der Waals surface area contributed by atoms with Gasteiger partial charge >= 0.3 is 0 Å². The number of nitrogens with one attached hydrogen (secondary N) is 2. The van der Waals surface area contributed by atoms with E-state index in [1.54, 1.807) is 0 Å². The number of hydrogen-bond acceptors (Lipinski definition) is 9. The lowest BCUT2D eigenvalue weighted by Gasteiger charge is -2.45. The highest BCUT2D eigenvalue weighted by molar-refractivity contribution is 6.12. The second kappa shape index (κ2) is 10.3. The van der Waals surface area contributed by atoms with Crippen molar-refractivity contribution in [3.63, 3.8) is 0 Å². The summed E-state index contributed by atoms with van der Waals surface area (Å²) in [6.07, 6.45) is 6.58. The molecular formula is C25H29F2N9O3. The van der Waals surface area contributed by atoms with E-state index in [1.807, 2.05) is 9.80 Å². The second-order valence-electron chi connectivity index (χ2n) is 10.0. The normalized spacial score (nSPS) is 22.1. The number of carbonyl (C=O) groups is 2. The van der Waals surface area contributed by atoms with Crippen LogP contribution in [0.5, 0.6) is 0 Å². The number of nitrogens with zero attached hydrogens (tertiary/aromatic N) is 6. The van der Waals surface area contributed by atoms with E-state index in [-0.39, 0.29) is 52.4 Å². The van der Waals surface area contributed by atoms with Crippen LogP contribution in [0.1, 0.15) is 29.6 Å². The summed E-state index contributed by atoms with van der Waals surface area (Å²) in [6.45, 7) is 3.71. The van der Waals surface area contributed by atoms with Gasteiger partial charge in [-0.15, -0.1) is 5.10 Å². The number of halogens is 2. The van der Waals surface area contributed by atoms with E-state index in [4.69, 9.17) is 10.5 Å². The minimum Gasteiger partial charge on any atom is -0.381 e. The maximum Gasteiger partial charge on any atom is 0.263 e. The first-order valence-electron chi connectivity index (χ1n) is 13.0.